The van der Waals surface area contributed by atoms with E-state index < -0.39 is 0 Å². The largest absolute Gasteiger partial charge is 0.370 e. The first kappa shape index (κ1) is 15.1. The van der Waals surface area contributed by atoms with Crippen LogP contribution in [0.3, 0.4) is 0 Å². The van der Waals surface area contributed by atoms with Crippen LogP contribution in [0.2, 0.25) is 5.02 Å². The average molecular weight is 296 g/mol. The summed E-state index contributed by atoms with van der Waals surface area (Å²) in [6.45, 7) is 5.08. The fourth-order valence-electron chi connectivity index (χ4n) is 2.55. The number of hydrogen-bond acceptors (Lipinski definition) is 3. The molecule has 2 unspecified atom stereocenters. The van der Waals surface area contributed by atoms with E-state index in [0.717, 1.165) is 19.4 Å². The van der Waals surface area contributed by atoms with Gasteiger partial charge in [0.05, 0.1) is 5.02 Å². The molecule has 20 heavy (non-hydrogen) atoms. The maximum atomic E-state index is 12.3. The van der Waals surface area contributed by atoms with Crippen molar-refractivity contribution >= 4 is 23.3 Å². The summed E-state index contributed by atoms with van der Waals surface area (Å²) < 4.78 is 0. The Morgan fingerprint density at radius 1 is 1.45 bits per heavy atom. The van der Waals surface area contributed by atoms with Gasteiger partial charge >= 0.3 is 0 Å². The molecule has 1 fully saturated rings. The molecule has 1 aliphatic carbocycles. The lowest BCUT2D eigenvalue weighted by molar-refractivity contribution is 0.0925. The third-order valence-electron chi connectivity index (χ3n) is 3.80. The predicted octanol–water partition coefficient (Wildman–Crippen LogP) is 3.48. The van der Waals surface area contributed by atoms with Crippen LogP contribution in [0.5, 0.6) is 0 Å². The number of rotatable bonds is 5. The number of pyridine rings is 1. The lowest BCUT2D eigenvalue weighted by atomic mass is 10.1. The Balaban J connectivity index is 2.07. The number of nitrogens with one attached hydrogen (secondary N) is 2. The van der Waals surface area contributed by atoms with E-state index in [9.17, 15) is 4.79 Å². The van der Waals surface area contributed by atoms with Gasteiger partial charge in [-0.3, -0.25) is 4.79 Å². The zero-order valence-electron chi connectivity index (χ0n) is 12.1. The van der Waals surface area contributed by atoms with Crippen molar-refractivity contribution in [2.24, 2.45) is 5.92 Å². The van der Waals surface area contributed by atoms with Crippen LogP contribution in [-0.2, 0) is 0 Å². The van der Waals surface area contributed by atoms with Crippen LogP contribution in [0.25, 0.3) is 0 Å². The predicted molar refractivity (Wildman–Crippen MR) is 82.3 cm³/mol. The van der Waals surface area contributed by atoms with Gasteiger partial charge in [0, 0.05) is 12.6 Å². The van der Waals surface area contributed by atoms with E-state index in [4.69, 9.17) is 11.6 Å². The zero-order chi connectivity index (χ0) is 14.5. The van der Waals surface area contributed by atoms with Gasteiger partial charge in [-0.25, -0.2) is 4.98 Å². The van der Waals surface area contributed by atoms with Gasteiger partial charge in [0.15, 0.2) is 0 Å². The highest BCUT2D eigenvalue weighted by Crippen LogP contribution is 2.25. The number of anilines is 1. The number of aromatic nitrogens is 1. The van der Waals surface area contributed by atoms with Crippen LogP contribution in [0.1, 0.15) is 50.0 Å². The first-order valence-electron chi connectivity index (χ1n) is 7.33. The minimum atomic E-state index is -0.172. The molecule has 1 aromatic rings. The first-order chi connectivity index (χ1) is 9.61. The highest BCUT2D eigenvalue weighted by atomic mass is 35.5. The van der Waals surface area contributed by atoms with E-state index in [1.807, 2.05) is 0 Å². The van der Waals surface area contributed by atoms with Gasteiger partial charge in [0.25, 0.3) is 5.91 Å². The number of nitrogens with zero attached hydrogens (tertiary/aromatic N) is 1. The van der Waals surface area contributed by atoms with Crippen molar-refractivity contribution in [3.05, 3.63) is 22.8 Å². The summed E-state index contributed by atoms with van der Waals surface area (Å²) in [4.78, 5) is 16.6. The molecular weight excluding hydrogens is 274 g/mol. The fourth-order valence-corrected chi connectivity index (χ4v) is 2.74. The van der Waals surface area contributed by atoms with Crippen LogP contribution < -0.4 is 10.6 Å². The van der Waals surface area contributed by atoms with Gasteiger partial charge in [-0.15, -0.1) is 0 Å². The molecule has 2 N–H and O–H groups in total. The van der Waals surface area contributed by atoms with Crippen LogP contribution >= 0.6 is 11.6 Å². The second-order valence-electron chi connectivity index (χ2n) is 5.44. The third kappa shape index (κ3) is 3.63. The van der Waals surface area contributed by atoms with Crippen molar-refractivity contribution in [2.75, 3.05) is 11.9 Å². The van der Waals surface area contributed by atoms with Crippen molar-refractivity contribution in [3.63, 3.8) is 0 Å². The summed E-state index contributed by atoms with van der Waals surface area (Å²) in [6, 6.07) is 3.76. The Bertz CT molecular complexity index is 478. The summed E-state index contributed by atoms with van der Waals surface area (Å²) in [5.74, 6) is 1.05. The normalized spacial score (nSPS) is 21.8. The van der Waals surface area contributed by atoms with Crippen LogP contribution in [0, 0.1) is 5.92 Å². The fraction of sp³-hybridized carbons (Fsp3) is 0.600. The second kappa shape index (κ2) is 6.93. The molecular formula is C15H22ClN3O. The van der Waals surface area contributed by atoms with Gasteiger partial charge in [-0.2, -0.15) is 0 Å². The molecule has 0 saturated heterocycles. The minimum absolute atomic E-state index is 0.172. The molecule has 5 heteroatoms. The molecule has 1 heterocycles. The molecule has 4 nitrogen and oxygen atoms in total. The number of carbonyl (C=O) groups excluding carboxylic acids is 1. The molecule has 110 valence electrons. The molecule has 0 spiro atoms. The van der Waals surface area contributed by atoms with Crippen molar-refractivity contribution in [2.45, 2.75) is 45.6 Å². The molecule has 2 rings (SSSR count). The lowest BCUT2D eigenvalue weighted by Crippen LogP contribution is -2.37. The number of carbonyl (C=O) groups is 1. The van der Waals surface area contributed by atoms with Crippen LogP contribution in [0.15, 0.2) is 12.1 Å². The van der Waals surface area contributed by atoms with Crippen molar-refractivity contribution in [3.8, 4) is 0 Å². The van der Waals surface area contributed by atoms with Gasteiger partial charge in [-0.05, 0) is 37.3 Å². The zero-order valence-corrected chi connectivity index (χ0v) is 12.8. The van der Waals surface area contributed by atoms with Crippen molar-refractivity contribution < 1.29 is 4.79 Å². The summed E-state index contributed by atoms with van der Waals surface area (Å²) in [7, 11) is 0. The van der Waals surface area contributed by atoms with Gasteiger partial charge in [-0.1, -0.05) is 31.9 Å². The van der Waals surface area contributed by atoms with E-state index in [0.29, 0.717) is 22.5 Å². The third-order valence-corrected chi connectivity index (χ3v) is 4.10. The molecule has 2 atom stereocenters. The molecule has 1 amide bonds. The Morgan fingerprint density at radius 3 is 2.90 bits per heavy atom. The molecule has 0 radical (unpaired) electrons. The van der Waals surface area contributed by atoms with E-state index in [1.54, 1.807) is 12.1 Å². The van der Waals surface area contributed by atoms with Crippen LogP contribution in [0.4, 0.5) is 5.82 Å². The summed E-state index contributed by atoms with van der Waals surface area (Å²) in [6.07, 6.45) is 4.39. The molecule has 1 aromatic heterocycles. The quantitative estimate of drug-likeness (QED) is 0.874. The highest BCUT2D eigenvalue weighted by molar-refractivity contribution is 6.33. The molecule has 0 aromatic carbocycles. The van der Waals surface area contributed by atoms with Gasteiger partial charge in [0.2, 0.25) is 0 Å². The van der Waals surface area contributed by atoms with Crippen molar-refractivity contribution in [1.82, 2.24) is 10.3 Å². The topological polar surface area (TPSA) is 54.0 Å². The maximum absolute atomic E-state index is 12.3. The minimum Gasteiger partial charge on any atom is -0.370 e. The Morgan fingerprint density at radius 2 is 2.25 bits per heavy atom. The number of halogens is 1. The summed E-state index contributed by atoms with van der Waals surface area (Å²) >= 11 is 6.10. The van der Waals surface area contributed by atoms with E-state index in [1.165, 1.54) is 12.8 Å². The Hall–Kier alpha value is -1.29. The lowest BCUT2D eigenvalue weighted by Gasteiger charge is -2.17. The standard InChI is InChI=1S/C15H22ClN3O/c1-3-9-17-13-8-7-11(16)14(19-13)15(20)18-12-6-4-5-10(12)2/h7-8,10,12H,3-6,9H2,1-2H3,(H,17,19)(H,18,20). The van der Waals surface area contributed by atoms with Crippen LogP contribution in [-0.4, -0.2) is 23.5 Å². The number of amides is 1. The van der Waals surface area contributed by atoms with Crippen molar-refractivity contribution in [1.29, 1.82) is 0 Å². The highest BCUT2D eigenvalue weighted by Gasteiger charge is 2.26. The maximum Gasteiger partial charge on any atom is 0.271 e. The molecule has 0 bridgehead atoms. The van der Waals surface area contributed by atoms with E-state index in [-0.39, 0.29) is 11.9 Å². The molecule has 1 saturated carbocycles. The summed E-state index contributed by atoms with van der Waals surface area (Å²) in [5.41, 5.74) is 0.312. The number of hydrogen-bond donors (Lipinski definition) is 2. The molecule has 1 aliphatic rings. The average Bonchev–Trinajstić information content (AvgIpc) is 2.83. The Labute approximate surface area is 125 Å². The van der Waals surface area contributed by atoms with Gasteiger partial charge < -0.3 is 10.6 Å². The Kier molecular flexibility index (Phi) is 5.24. The monoisotopic (exact) mass is 295 g/mol. The summed E-state index contributed by atoms with van der Waals surface area (Å²) in [5, 5.41) is 6.62. The van der Waals surface area contributed by atoms with E-state index >= 15 is 0 Å². The molecule has 0 aliphatic heterocycles. The first-order valence-corrected chi connectivity index (χ1v) is 7.71. The van der Waals surface area contributed by atoms with Gasteiger partial charge in [0.1, 0.15) is 11.5 Å². The van der Waals surface area contributed by atoms with E-state index in [2.05, 4.69) is 29.5 Å². The smallest absolute Gasteiger partial charge is 0.271 e. The SMILES string of the molecule is CCCNc1ccc(Cl)c(C(=O)NC2CCCC2C)n1. The second-order valence-corrected chi connectivity index (χ2v) is 5.85.